The fourth-order valence-electron chi connectivity index (χ4n) is 5.59. The second-order valence-electron chi connectivity index (χ2n) is 13.0. The molecule has 0 saturated heterocycles. The molecule has 0 heterocycles. The molecular formula is C40H76O4. The molecule has 0 amide bonds. The Bertz CT molecular complexity index is 614. The van der Waals surface area contributed by atoms with E-state index in [4.69, 9.17) is 9.47 Å². The van der Waals surface area contributed by atoms with Crippen LogP contribution in [0.4, 0.5) is 0 Å². The summed E-state index contributed by atoms with van der Waals surface area (Å²) in [6.45, 7) is 5.35. The van der Waals surface area contributed by atoms with Crippen molar-refractivity contribution in [1.29, 1.82) is 0 Å². The lowest BCUT2D eigenvalue weighted by Gasteiger charge is -2.16. The van der Waals surface area contributed by atoms with Gasteiger partial charge in [-0.15, -0.1) is 0 Å². The van der Waals surface area contributed by atoms with Crippen molar-refractivity contribution in [1.82, 2.24) is 0 Å². The van der Waals surface area contributed by atoms with Crippen molar-refractivity contribution < 1.29 is 19.4 Å². The summed E-state index contributed by atoms with van der Waals surface area (Å²) >= 11 is 0. The van der Waals surface area contributed by atoms with Crippen LogP contribution in [0.15, 0.2) is 24.3 Å². The largest absolute Gasteiger partial charge is 0.457 e. The van der Waals surface area contributed by atoms with Crippen molar-refractivity contribution in [3.63, 3.8) is 0 Å². The summed E-state index contributed by atoms with van der Waals surface area (Å²) < 4.78 is 11.1. The van der Waals surface area contributed by atoms with Crippen LogP contribution in [0.2, 0.25) is 0 Å². The molecule has 260 valence electrons. The smallest absolute Gasteiger partial charge is 0.306 e. The fraction of sp³-hybridized carbons (Fsp3) is 0.875. The Kier molecular flexibility index (Phi) is 37.1. The fourth-order valence-corrected chi connectivity index (χ4v) is 5.59. The van der Waals surface area contributed by atoms with Crippen molar-refractivity contribution in [2.24, 2.45) is 0 Å². The van der Waals surface area contributed by atoms with Crippen LogP contribution in [0.1, 0.15) is 200 Å². The first-order valence-corrected chi connectivity index (χ1v) is 19.4. The van der Waals surface area contributed by atoms with E-state index in [1.165, 1.54) is 154 Å². The summed E-state index contributed by atoms with van der Waals surface area (Å²) in [6, 6.07) is 0. The number of ether oxygens (including phenoxy) is 2. The third kappa shape index (κ3) is 35.4. The zero-order valence-corrected chi connectivity index (χ0v) is 29.7. The second kappa shape index (κ2) is 38.1. The molecule has 0 aliphatic carbocycles. The van der Waals surface area contributed by atoms with E-state index < -0.39 is 6.10 Å². The molecule has 0 aliphatic rings. The van der Waals surface area contributed by atoms with Crippen molar-refractivity contribution in [3.8, 4) is 0 Å². The first-order chi connectivity index (χ1) is 21.7. The lowest BCUT2D eigenvalue weighted by atomic mass is 10.1. The van der Waals surface area contributed by atoms with Gasteiger partial charge in [-0.1, -0.05) is 173 Å². The normalized spacial score (nSPS) is 12.5. The zero-order chi connectivity index (χ0) is 32.0. The number of rotatable bonds is 36. The topological polar surface area (TPSA) is 55.8 Å². The average Bonchev–Trinajstić information content (AvgIpc) is 3.03. The highest BCUT2D eigenvalue weighted by molar-refractivity contribution is 5.69. The Hall–Kier alpha value is -1.13. The first-order valence-electron chi connectivity index (χ1n) is 19.4. The summed E-state index contributed by atoms with van der Waals surface area (Å²) in [5.41, 5.74) is 0. The van der Waals surface area contributed by atoms with E-state index in [2.05, 4.69) is 38.2 Å². The van der Waals surface area contributed by atoms with E-state index in [1.807, 2.05) is 0 Å². The third-order valence-corrected chi connectivity index (χ3v) is 8.53. The molecule has 4 heteroatoms. The first kappa shape index (κ1) is 42.9. The van der Waals surface area contributed by atoms with E-state index in [0.717, 1.165) is 25.7 Å². The van der Waals surface area contributed by atoms with E-state index in [0.29, 0.717) is 19.6 Å². The van der Waals surface area contributed by atoms with E-state index in [1.54, 1.807) is 0 Å². The maximum Gasteiger partial charge on any atom is 0.306 e. The van der Waals surface area contributed by atoms with Crippen molar-refractivity contribution in [2.45, 2.75) is 206 Å². The third-order valence-electron chi connectivity index (χ3n) is 8.53. The number of carbonyl (C=O) groups is 1. The van der Waals surface area contributed by atoms with Gasteiger partial charge in [0.15, 0.2) is 0 Å². The van der Waals surface area contributed by atoms with Crippen LogP contribution in [0.25, 0.3) is 0 Å². The molecular weight excluding hydrogens is 544 g/mol. The average molecular weight is 621 g/mol. The minimum Gasteiger partial charge on any atom is -0.457 e. The quantitative estimate of drug-likeness (QED) is 0.0430. The molecule has 4 nitrogen and oxygen atoms in total. The molecule has 0 saturated carbocycles. The molecule has 44 heavy (non-hydrogen) atoms. The Labute approximate surface area is 275 Å². The lowest BCUT2D eigenvalue weighted by molar-refractivity contribution is -0.154. The number of hydrogen-bond donors (Lipinski definition) is 1. The Balaban J connectivity index is 3.42. The SMILES string of the molecule is CCCCCCC/C=C\C/C=C\CCCCCCCCCCCC(=O)OC(CO)COCCCCCCCCCCCCC. The van der Waals surface area contributed by atoms with Crippen molar-refractivity contribution in [2.75, 3.05) is 19.8 Å². The number of hydrogen-bond acceptors (Lipinski definition) is 4. The van der Waals surface area contributed by atoms with Gasteiger partial charge in [-0.25, -0.2) is 0 Å². The van der Waals surface area contributed by atoms with Gasteiger partial charge in [0.1, 0.15) is 6.10 Å². The van der Waals surface area contributed by atoms with E-state index >= 15 is 0 Å². The molecule has 0 radical (unpaired) electrons. The number of allylic oxidation sites excluding steroid dienone is 4. The van der Waals surface area contributed by atoms with Gasteiger partial charge in [-0.05, 0) is 44.9 Å². The van der Waals surface area contributed by atoms with Gasteiger partial charge in [0, 0.05) is 13.0 Å². The highest BCUT2D eigenvalue weighted by atomic mass is 16.6. The Morgan fingerprint density at radius 3 is 1.41 bits per heavy atom. The van der Waals surface area contributed by atoms with Crippen LogP contribution >= 0.6 is 0 Å². The van der Waals surface area contributed by atoms with Crippen LogP contribution < -0.4 is 0 Å². The van der Waals surface area contributed by atoms with Crippen LogP contribution in [0.3, 0.4) is 0 Å². The predicted octanol–water partition coefficient (Wildman–Crippen LogP) is 12.4. The number of esters is 1. The predicted molar refractivity (Wildman–Crippen MR) is 191 cm³/mol. The van der Waals surface area contributed by atoms with Gasteiger partial charge in [0.2, 0.25) is 0 Å². The lowest BCUT2D eigenvalue weighted by Crippen LogP contribution is -2.27. The van der Waals surface area contributed by atoms with E-state index in [9.17, 15) is 9.90 Å². The monoisotopic (exact) mass is 621 g/mol. The second-order valence-corrected chi connectivity index (χ2v) is 13.0. The molecule has 0 rings (SSSR count). The minimum absolute atomic E-state index is 0.170. The summed E-state index contributed by atoms with van der Waals surface area (Å²) in [6.07, 6.45) is 45.1. The van der Waals surface area contributed by atoms with Crippen molar-refractivity contribution >= 4 is 5.97 Å². The van der Waals surface area contributed by atoms with Gasteiger partial charge in [0.25, 0.3) is 0 Å². The van der Waals surface area contributed by atoms with Gasteiger partial charge < -0.3 is 14.6 Å². The summed E-state index contributed by atoms with van der Waals surface area (Å²) in [7, 11) is 0. The molecule has 0 spiro atoms. The number of aliphatic hydroxyl groups excluding tert-OH is 1. The molecule has 0 fully saturated rings. The van der Waals surface area contributed by atoms with E-state index in [-0.39, 0.29) is 12.6 Å². The molecule has 0 aromatic rings. The molecule has 0 aromatic carbocycles. The number of unbranched alkanes of at least 4 members (excludes halogenated alkanes) is 24. The maximum atomic E-state index is 12.2. The summed E-state index contributed by atoms with van der Waals surface area (Å²) in [4.78, 5) is 12.2. The standard InChI is InChI=1S/C40H76O4/c1-3-5-7-9-11-13-15-16-17-18-19-20-21-22-23-24-25-27-29-31-33-35-40(42)44-39(37-41)38-43-36-34-32-30-28-26-14-12-10-8-6-4-2/h15-16,18-19,39,41H,3-14,17,20-38H2,1-2H3/b16-15-,19-18-. The van der Waals surface area contributed by atoms with Crippen LogP contribution in [0.5, 0.6) is 0 Å². The highest BCUT2D eigenvalue weighted by Gasteiger charge is 2.13. The van der Waals surface area contributed by atoms with Crippen LogP contribution in [-0.2, 0) is 14.3 Å². The Morgan fingerprint density at radius 2 is 0.955 bits per heavy atom. The summed E-state index contributed by atoms with van der Waals surface area (Å²) in [5, 5.41) is 9.55. The Morgan fingerprint density at radius 1 is 0.545 bits per heavy atom. The molecule has 0 aliphatic heterocycles. The molecule has 1 N–H and O–H groups in total. The number of carbonyl (C=O) groups excluding carboxylic acids is 1. The van der Waals surface area contributed by atoms with Gasteiger partial charge in [-0.2, -0.15) is 0 Å². The molecule has 1 atom stereocenters. The van der Waals surface area contributed by atoms with Crippen LogP contribution in [0, 0.1) is 0 Å². The number of aliphatic hydroxyl groups is 1. The van der Waals surface area contributed by atoms with Gasteiger partial charge >= 0.3 is 5.97 Å². The molecule has 0 bridgehead atoms. The summed E-state index contributed by atoms with van der Waals surface area (Å²) in [5.74, 6) is -0.203. The molecule has 1 unspecified atom stereocenters. The van der Waals surface area contributed by atoms with Gasteiger partial charge in [0.05, 0.1) is 13.2 Å². The van der Waals surface area contributed by atoms with Crippen LogP contribution in [-0.4, -0.2) is 37.0 Å². The zero-order valence-electron chi connectivity index (χ0n) is 29.7. The minimum atomic E-state index is -0.530. The maximum absolute atomic E-state index is 12.2. The highest BCUT2D eigenvalue weighted by Crippen LogP contribution is 2.13. The van der Waals surface area contributed by atoms with Crippen molar-refractivity contribution in [3.05, 3.63) is 24.3 Å². The van der Waals surface area contributed by atoms with Gasteiger partial charge in [-0.3, -0.25) is 4.79 Å². The molecule has 0 aromatic heterocycles.